The number of thiazole rings is 1. The standard InChI is InChI=1S/C26H26F3N5OS/c1-34(2)22-10-21-20(9-18(22)26(27,28)29)33-24(35)11-19(32-21)16-4-3-5-17(8-16)25-23(36-14-31-25)13-30-12-15-6-7-15/h3-5,8-10,14-15,30H,6-7,11-13H2,1-2H3,(H,33,35). The molecule has 0 bridgehead atoms. The summed E-state index contributed by atoms with van der Waals surface area (Å²) in [6.45, 7) is 1.75. The average Bonchev–Trinajstić information content (AvgIpc) is 3.56. The first kappa shape index (κ1) is 24.5. The van der Waals surface area contributed by atoms with Crippen molar-refractivity contribution in [2.75, 3.05) is 30.9 Å². The van der Waals surface area contributed by atoms with Gasteiger partial charge >= 0.3 is 6.18 Å². The Labute approximate surface area is 211 Å². The average molecular weight is 514 g/mol. The highest BCUT2D eigenvalue weighted by atomic mass is 32.1. The number of alkyl halides is 3. The predicted octanol–water partition coefficient (Wildman–Crippen LogP) is 5.86. The third-order valence-electron chi connectivity index (χ3n) is 6.28. The molecule has 1 aliphatic carbocycles. The number of carbonyl (C=O) groups is 1. The van der Waals surface area contributed by atoms with Gasteiger partial charge in [-0.05, 0) is 49.1 Å². The highest BCUT2D eigenvalue weighted by Crippen LogP contribution is 2.43. The number of hydrogen-bond acceptors (Lipinski definition) is 6. The smallest absolute Gasteiger partial charge is 0.377 e. The van der Waals surface area contributed by atoms with Crippen LogP contribution in [0.1, 0.15) is 35.3 Å². The minimum absolute atomic E-state index is 0.0138. The van der Waals surface area contributed by atoms with E-state index >= 15 is 0 Å². The molecule has 3 aromatic rings. The Bertz CT molecular complexity index is 1330. The number of halogens is 3. The Kier molecular flexibility index (Phi) is 6.57. The van der Waals surface area contributed by atoms with Crippen molar-refractivity contribution in [3.63, 3.8) is 0 Å². The Balaban J connectivity index is 1.50. The number of benzene rings is 2. The molecule has 1 aliphatic heterocycles. The summed E-state index contributed by atoms with van der Waals surface area (Å²) in [5, 5.41) is 6.10. The van der Waals surface area contributed by atoms with E-state index in [4.69, 9.17) is 0 Å². The largest absolute Gasteiger partial charge is 0.418 e. The lowest BCUT2D eigenvalue weighted by atomic mass is 10.0. The van der Waals surface area contributed by atoms with Gasteiger partial charge in [0, 0.05) is 31.1 Å². The topological polar surface area (TPSA) is 69.6 Å². The van der Waals surface area contributed by atoms with Crippen LogP contribution in [0.25, 0.3) is 11.3 Å². The van der Waals surface area contributed by atoms with Crippen molar-refractivity contribution in [1.29, 1.82) is 0 Å². The van der Waals surface area contributed by atoms with E-state index in [0.717, 1.165) is 46.8 Å². The Morgan fingerprint density at radius 2 is 1.94 bits per heavy atom. The van der Waals surface area contributed by atoms with Gasteiger partial charge in [-0.25, -0.2) is 4.98 Å². The molecular formula is C26H26F3N5OS. The maximum atomic E-state index is 13.7. The Morgan fingerprint density at radius 1 is 1.17 bits per heavy atom. The number of nitrogens with zero attached hydrogens (tertiary/aromatic N) is 3. The van der Waals surface area contributed by atoms with Gasteiger partial charge in [0.15, 0.2) is 0 Å². The molecule has 2 aliphatic rings. The summed E-state index contributed by atoms with van der Waals surface area (Å²) in [6, 6.07) is 9.98. The zero-order chi connectivity index (χ0) is 25.4. The molecule has 1 amide bonds. The number of aromatic nitrogens is 1. The van der Waals surface area contributed by atoms with Gasteiger partial charge in [0.1, 0.15) is 0 Å². The number of amides is 1. The summed E-state index contributed by atoms with van der Waals surface area (Å²) < 4.78 is 41.0. The van der Waals surface area contributed by atoms with Crippen molar-refractivity contribution >= 4 is 40.0 Å². The van der Waals surface area contributed by atoms with Crippen LogP contribution >= 0.6 is 11.3 Å². The van der Waals surface area contributed by atoms with Crippen molar-refractivity contribution in [3.8, 4) is 11.3 Å². The molecule has 2 heterocycles. The quantitative estimate of drug-likeness (QED) is 0.415. The summed E-state index contributed by atoms with van der Waals surface area (Å²) >= 11 is 1.60. The molecule has 188 valence electrons. The number of nitrogens with one attached hydrogen (secondary N) is 2. The van der Waals surface area contributed by atoms with E-state index < -0.39 is 17.6 Å². The third-order valence-corrected chi connectivity index (χ3v) is 7.12. The number of anilines is 2. The van der Waals surface area contributed by atoms with E-state index in [0.29, 0.717) is 5.71 Å². The third kappa shape index (κ3) is 5.29. The Morgan fingerprint density at radius 3 is 2.67 bits per heavy atom. The van der Waals surface area contributed by atoms with Crippen LogP contribution in [0.2, 0.25) is 0 Å². The molecule has 0 spiro atoms. The van der Waals surface area contributed by atoms with Crippen molar-refractivity contribution < 1.29 is 18.0 Å². The summed E-state index contributed by atoms with van der Waals surface area (Å²) in [5.41, 5.74) is 4.33. The predicted molar refractivity (Wildman–Crippen MR) is 137 cm³/mol. The molecule has 1 fully saturated rings. The van der Waals surface area contributed by atoms with Crippen LogP contribution in [-0.4, -0.2) is 37.2 Å². The molecule has 6 nitrogen and oxygen atoms in total. The zero-order valence-electron chi connectivity index (χ0n) is 19.9. The van der Waals surface area contributed by atoms with Crippen LogP contribution in [-0.2, 0) is 17.5 Å². The van der Waals surface area contributed by atoms with Gasteiger partial charge in [0.05, 0.1) is 46.0 Å². The van der Waals surface area contributed by atoms with Crippen molar-refractivity contribution in [3.05, 3.63) is 57.9 Å². The summed E-state index contributed by atoms with van der Waals surface area (Å²) in [5.74, 6) is 0.370. The van der Waals surface area contributed by atoms with E-state index in [1.807, 2.05) is 29.8 Å². The lowest BCUT2D eigenvalue weighted by Crippen LogP contribution is -2.18. The van der Waals surface area contributed by atoms with E-state index in [1.54, 1.807) is 25.4 Å². The zero-order valence-corrected chi connectivity index (χ0v) is 20.8. The second-order valence-electron chi connectivity index (χ2n) is 9.34. The molecule has 10 heteroatoms. The summed E-state index contributed by atoms with van der Waals surface area (Å²) in [7, 11) is 3.09. The van der Waals surface area contributed by atoms with Crippen molar-refractivity contribution in [2.24, 2.45) is 10.9 Å². The molecule has 0 unspecified atom stereocenters. The van der Waals surface area contributed by atoms with Crippen LogP contribution in [0.5, 0.6) is 0 Å². The number of hydrogen-bond donors (Lipinski definition) is 2. The molecule has 1 aromatic heterocycles. The highest BCUT2D eigenvalue weighted by Gasteiger charge is 2.36. The molecule has 0 atom stereocenters. The number of carbonyl (C=O) groups excluding carboxylic acids is 1. The van der Waals surface area contributed by atoms with Gasteiger partial charge in [-0.15, -0.1) is 11.3 Å². The maximum Gasteiger partial charge on any atom is 0.418 e. The molecule has 1 saturated carbocycles. The first-order chi connectivity index (χ1) is 17.2. The van der Waals surface area contributed by atoms with Crippen LogP contribution < -0.4 is 15.5 Å². The SMILES string of the molecule is CN(C)c1cc2c(cc1C(F)(F)F)NC(=O)CC(c1cccc(-c3ncsc3CNCC3CC3)c1)=N2. The second kappa shape index (κ2) is 9.67. The number of fused-ring (bicyclic) bond motifs is 1. The molecule has 0 saturated heterocycles. The van der Waals surface area contributed by atoms with Gasteiger partial charge in [-0.3, -0.25) is 9.79 Å². The fraction of sp³-hybridized carbons (Fsp3) is 0.346. The first-order valence-corrected chi connectivity index (χ1v) is 12.6. The van der Waals surface area contributed by atoms with Gasteiger partial charge in [0.2, 0.25) is 5.91 Å². The van der Waals surface area contributed by atoms with Crippen LogP contribution in [0, 0.1) is 5.92 Å². The molecule has 36 heavy (non-hydrogen) atoms. The van der Waals surface area contributed by atoms with E-state index in [1.165, 1.54) is 23.8 Å². The second-order valence-corrected chi connectivity index (χ2v) is 10.3. The molecule has 5 rings (SSSR count). The summed E-state index contributed by atoms with van der Waals surface area (Å²) in [4.78, 5) is 24.4. The molecule has 2 N–H and O–H groups in total. The van der Waals surface area contributed by atoms with Crippen LogP contribution in [0.15, 0.2) is 46.9 Å². The van der Waals surface area contributed by atoms with Crippen molar-refractivity contribution in [1.82, 2.24) is 10.3 Å². The fourth-order valence-electron chi connectivity index (χ4n) is 4.25. The van der Waals surface area contributed by atoms with Crippen LogP contribution in [0.3, 0.4) is 0 Å². The van der Waals surface area contributed by atoms with Crippen LogP contribution in [0.4, 0.5) is 30.2 Å². The normalized spacial score (nSPS) is 15.7. The monoisotopic (exact) mass is 513 g/mol. The Hall–Kier alpha value is -3.24. The highest BCUT2D eigenvalue weighted by molar-refractivity contribution is 7.10. The minimum atomic E-state index is -4.56. The minimum Gasteiger partial charge on any atom is -0.377 e. The number of rotatable bonds is 7. The number of aliphatic imine (C=N–C) groups is 1. The van der Waals surface area contributed by atoms with Gasteiger partial charge < -0.3 is 15.5 Å². The molecule has 2 aromatic carbocycles. The van der Waals surface area contributed by atoms with E-state index in [2.05, 4.69) is 20.6 Å². The lowest BCUT2D eigenvalue weighted by molar-refractivity contribution is -0.137. The van der Waals surface area contributed by atoms with E-state index in [9.17, 15) is 18.0 Å². The van der Waals surface area contributed by atoms with Gasteiger partial charge in [0.25, 0.3) is 0 Å². The lowest BCUT2D eigenvalue weighted by Gasteiger charge is -2.21. The molecular weight excluding hydrogens is 487 g/mol. The summed E-state index contributed by atoms with van der Waals surface area (Å²) in [6.07, 6.45) is -2.04. The molecule has 0 radical (unpaired) electrons. The van der Waals surface area contributed by atoms with Crippen molar-refractivity contribution in [2.45, 2.75) is 32.0 Å². The first-order valence-electron chi connectivity index (χ1n) is 11.7. The van der Waals surface area contributed by atoms with E-state index in [-0.39, 0.29) is 23.5 Å². The van der Waals surface area contributed by atoms with Gasteiger partial charge in [-0.2, -0.15) is 13.2 Å². The van der Waals surface area contributed by atoms with Gasteiger partial charge in [-0.1, -0.05) is 18.2 Å². The maximum absolute atomic E-state index is 13.7. The fourth-order valence-corrected chi connectivity index (χ4v) is 5.01.